The van der Waals surface area contributed by atoms with Gasteiger partial charge in [-0.3, -0.25) is 0 Å². The summed E-state index contributed by atoms with van der Waals surface area (Å²) in [6.07, 6.45) is 1.12. The number of halogens is 2. The molecule has 0 spiro atoms. The lowest BCUT2D eigenvalue weighted by Crippen LogP contribution is -2.58. The van der Waals surface area contributed by atoms with Gasteiger partial charge in [-0.2, -0.15) is 0 Å². The van der Waals surface area contributed by atoms with Crippen LogP contribution in [0.4, 0.5) is 14.5 Å². The van der Waals surface area contributed by atoms with E-state index in [2.05, 4.69) is 38.1 Å². The highest BCUT2D eigenvalue weighted by molar-refractivity contribution is 5.53. The quantitative estimate of drug-likeness (QED) is 0.514. The third-order valence-electron chi connectivity index (χ3n) is 6.29. The lowest BCUT2D eigenvalue weighted by atomic mass is 9.76. The Morgan fingerprint density at radius 2 is 1.43 bits per heavy atom. The molecule has 0 radical (unpaired) electrons. The Morgan fingerprint density at radius 3 is 2.03 bits per heavy atom. The van der Waals surface area contributed by atoms with Crippen molar-refractivity contribution in [3.63, 3.8) is 0 Å². The van der Waals surface area contributed by atoms with Crippen LogP contribution >= 0.6 is 0 Å². The average molecular weight is 408 g/mol. The van der Waals surface area contributed by atoms with Gasteiger partial charge in [-0.05, 0) is 73.2 Å². The van der Waals surface area contributed by atoms with Crippen molar-refractivity contribution >= 4 is 5.69 Å². The first-order valence-electron chi connectivity index (χ1n) is 10.5. The Hall–Kier alpha value is -2.72. The normalized spacial score (nSPS) is 21.9. The number of rotatable bonds is 6. The fraction of sp³-hybridized carbons (Fsp3) is 0.308. The number of benzene rings is 3. The van der Waals surface area contributed by atoms with E-state index in [0.29, 0.717) is 0 Å². The minimum Gasteiger partial charge on any atom is -0.373 e. The van der Waals surface area contributed by atoms with Crippen molar-refractivity contribution < 1.29 is 13.9 Å². The van der Waals surface area contributed by atoms with E-state index in [-0.39, 0.29) is 29.5 Å². The maximum Gasteiger partial charge on any atom is 0.132 e. The standard InChI is InChI=1S/C26H27F2NO/c1-17-3-6-20(7-4-17)25-24(16-5-18(2)19-8-10-21(27)11-9-19)26(30)29(25)23-14-12-22(28)13-15-23/h3-4,6-15,18,24-26,30H,5,16H2,1-2H3/t18-,24+,25+,26?/m0/s1. The topological polar surface area (TPSA) is 23.5 Å². The van der Waals surface area contributed by atoms with E-state index in [9.17, 15) is 13.9 Å². The van der Waals surface area contributed by atoms with Crippen LogP contribution in [-0.4, -0.2) is 11.3 Å². The van der Waals surface area contributed by atoms with Gasteiger partial charge in [0, 0.05) is 11.6 Å². The molecule has 1 aliphatic rings. The Kier molecular flexibility index (Phi) is 5.87. The van der Waals surface area contributed by atoms with Crippen molar-refractivity contribution in [1.29, 1.82) is 0 Å². The van der Waals surface area contributed by atoms with Gasteiger partial charge in [0.2, 0.25) is 0 Å². The summed E-state index contributed by atoms with van der Waals surface area (Å²) in [7, 11) is 0. The number of aliphatic hydroxyl groups is 1. The van der Waals surface area contributed by atoms with Gasteiger partial charge in [-0.25, -0.2) is 8.78 Å². The molecule has 3 aromatic rings. The maximum absolute atomic E-state index is 13.4. The summed E-state index contributed by atoms with van der Waals surface area (Å²) in [5.41, 5.74) is 4.26. The van der Waals surface area contributed by atoms with Gasteiger partial charge in [0.1, 0.15) is 17.9 Å². The molecule has 0 bridgehead atoms. The molecule has 3 aromatic carbocycles. The van der Waals surface area contributed by atoms with E-state index in [1.165, 1.54) is 29.8 Å². The van der Waals surface area contributed by atoms with Crippen LogP contribution in [0.25, 0.3) is 0 Å². The third-order valence-corrected chi connectivity index (χ3v) is 6.29. The first kappa shape index (κ1) is 20.5. The van der Waals surface area contributed by atoms with Gasteiger partial charge in [0.05, 0.1) is 6.04 Å². The Labute approximate surface area is 176 Å². The summed E-state index contributed by atoms with van der Waals surface area (Å²) in [6.45, 7) is 4.19. The van der Waals surface area contributed by atoms with Crippen LogP contribution in [0.2, 0.25) is 0 Å². The lowest BCUT2D eigenvalue weighted by molar-refractivity contribution is -0.000955. The van der Waals surface area contributed by atoms with E-state index < -0.39 is 6.23 Å². The summed E-state index contributed by atoms with van der Waals surface area (Å²) in [5, 5.41) is 11.0. The van der Waals surface area contributed by atoms with E-state index in [4.69, 9.17) is 0 Å². The van der Waals surface area contributed by atoms with Gasteiger partial charge >= 0.3 is 0 Å². The number of aryl methyl sites for hydroxylation is 1. The van der Waals surface area contributed by atoms with Crippen molar-refractivity contribution in [3.05, 3.63) is 101 Å². The number of hydrogen-bond donors (Lipinski definition) is 1. The number of nitrogens with zero attached hydrogens (tertiary/aromatic N) is 1. The van der Waals surface area contributed by atoms with Crippen molar-refractivity contribution in [1.82, 2.24) is 0 Å². The summed E-state index contributed by atoms with van der Waals surface area (Å²) in [5.74, 6) is -0.169. The molecule has 1 saturated heterocycles. The molecule has 1 heterocycles. The molecule has 2 nitrogen and oxygen atoms in total. The SMILES string of the molecule is Cc1ccc([C@@H]2[C@@H](CC[C@H](C)c3ccc(F)cc3)C(O)N2c2ccc(F)cc2)cc1. The van der Waals surface area contributed by atoms with Crippen molar-refractivity contribution in [2.45, 2.75) is 44.9 Å². The summed E-state index contributed by atoms with van der Waals surface area (Å²) >= 11 is 0. The zero-order valence-electron chi connectivity index (χ0n) is 17.3. The molecule has 1 aliphatic heterocycles. The largest absolute Gasteiger partial charge is 0.373 e. The highest BCUT2D eigenvalue weighted by atomic mass is 19.1. The molecular formula is C26H27F2NO. The minimum absolute atomic E-state index is 0.0338. The number of hydrogen-bond acceptors (Lipinski definition) is 2. The Morgan fingerprint density at radius 1 is 0.867 bits per heavy atom. The zero-order valence-corrected chi connectivity index (χ0v) is 17.3. The van der Waals surface area contributed by atoms with Gasteiger partial charge < -0.3 is 10.0 Å². The summed E-state index contributed by atoms with van der Waals surface area (Å²) in [6, 6.07) is 21.4. The Balaban J connectivity index is 1.54. The van der Waals surface area contributed by atoms with Crippen LogP contribution in [0, 0.1) is 24.5 Å². The minimum atomic E-state index is -0.623. The van der Waals surface area contributed by atoms with Gasteiger partial charge in [0.15, 0.2) is 0 Å². The smallest absolute Gasteiger partial charge is 0.132 e. The van der Waals surface area contributed by atoms with Crippen LogP contribution in [0.3, 0.4) is 0 Å². The van der Waals surface area contributed by atoms with E-state index in [1.807, 2.05) is 17.0 Å². The second-order valence-corrected chi connectivity index (χ2v) is 8.35. The van der Waals surface area contributed by atoms with Crippen LogP contribution < -0.4 is 4.90 Å². The molecule has 0 aromatic heterocycles. The first-order chi connectivity index (χ1) is 14.4. The third kappa shape index (κ3) is 4.10. The molecule has 1 unspecified atom stereocenters. The van der Waals surface area contributed by atoms with Crippen molar-refractivity contribution in [2.75, 3.05) is 4.90 Å². The molecular weight excluding hydrogens is 380 g/mol. The molecule has 0 amide bonds. The lowest BCUT2D eigenvalue weighted by Gasteiger charge is -2.54. The fourth-order valence-electron chi connectivity index (χ4n) is 4.44. The summed E-state index contributed by atoms with van der Waals surface area (Å²) < 4.78 is 26.6. The molecule has 1 fully saturated rings. The molecule has 0 saturated carbocycles. The van der Waals surface area contributed by atoms with Crippen molar-refractivity contribution in [3.8, 4) is 0 Å². The molecule has 1 N–H and O–H groups in total. The monoisotopic (exact) mass is 407 g/mol. The predicted molar refractivity (Wildman–Crippen MR) is 116 cm³/mol. The summed E-state index contributed by atoms with van der Waals surface area (Å²) in [4.78, 5) is 1.97. The van der Waals surface area contributed by atoms with Crippen LogP contribution in [0.15, 0.2) is 72.8 Å². The van der Waals surface area contributed by atoms with Gasteiger partial charge in [-0.1, -0.05) is 48.9 Å². The molecule has 156 valence electrons. The number of aliphatic hydroxyl groups excluding tert-OH is 1. The molecule has 0 aliphatic carbocycles. The molecule has 4 heteroatoms. The van der Waals surface area contributed by atoms with Crippen LogP contribution in [-0.2, 0) is 0 Å². The van der Waals surface area contributed by atoms with E-state index in [1.54, 1.807) is 12.1 Å². The highest BCUT2D eigenvalue weighted by Gasteiger charge is 2.48. The highest BCUT2D eigenvalue weighted by Crippen LogP contribution is 2.49. The molecule has 4 rings (SSSR count). The molecule has 4 atom stereocenters. The van der Waals surface area contributed by atoms with E-state index in [0.717, 1.165) is 29.7 Å². The van der Waals surface area contributed by atoms with E-state index >= 15 is 0 Å². The van der Waals surface area contributed by atoms with Crippen LogP contribution in [0.1, 0.15) is 48.4 Å². The fourth-order valence-corrected chi connectivity index (χ4v) is 4.44. The second kappa shape index (κ2) is 8.57. The number of anilines is 1. The van der Waals surface area contributed by atoms with Gasteiger partial charge in [0.25, 0.3) is 0 Å². The Bertz CT molecular complexity index is 969. The second-order valence-electron chi connectivity index (χ2n) is 8.35. The predicted octanol–water partition coefficient (Wildman–Crippen LogP) is 6.35. The first-order valence-corrected chi connectivity index (χ1v) is 10.5. The average Bonchev–Trinajstić information content (AvgIpc) is 2.74. The molecule has 30 heavy (non-hydrogen) atoms. The van der Waals surface area contributed by atoms with Gasteiger partial charge in [-0.15, -0.1) is 0 Å². The van der Waals surface area contributed by atoms with Crippen LogP contribution in [0.5, 0.6) is 0 Å². The zero-order chi connectivity index (χ0) is 21.3. The maximum atomic E-state index is 13.4. The van der Waals surface area contributed by atoms with Crippen molar-refractivity contribution in [2.24, 2.45) is 5.92 Å².